The van der Waals surface area contributed by atoms with E-state index in [0.717, 1.165) is 22.9 Å². The molecule has 0 bridgehead atoms. The highest BCUT2D eigenvalue weighted by Gasteiger charge is 2.16. The van der Waals surface area contributed by atoms with Crippen molar-refractivity contribution in [1.29, 1.82) is 0 Å². The minimum absolute atomic E-state index is 0.155. The van der Waals surface area contributed by atoms with E-state index in [1.54, 1.807) is 0 Å². The molecule has 0 aliphatic heterocycles. The average Bonchev–Trinajstić information content (AvgIpc) is 2.57. The van der Waals surface area contributed by atoms with Crippen molar-refractivity contribution in [2.45, 2.75) is 40.0 Å². The van der Waals surface area contributed by atoms with E-state index in [9.17, 15) is 0 Å². The van der Waals surface area contributed by atoms with Crippen LogP contribution in [0.1, 0.15) is 38.0 Å². The van der Waals surface area contributed by atoms with Crippen molar-refractivity contribution in [3.63, 3.8) is 0 Å². The van der Waals surface area contributed by atoms with Crippen molar-refractivity contribution in [2.24, 2.45) is 0 Å². The molecule has 0 unspecified atom stereocenters. The van der Waals surface area contributed by atoms with Crippen LogP contribution in [0.3, 0.4) is 0 Å². The third-order valence-electron chi connectivity index (χ3n) is 2.91. The molecule has 0 fully saturated rings. The maximum Gasteiger partial charge on any atom is 0.191 e. The van der Waals surface area contributed by atoms with Crippen LogP contribution in [0.2, 0.25) is 0 Å². The smallest absolute Gasteiger partial charge is 0.191 e. The van der Waals surface area contributed by atoms with Crippen molar-refractivity contribution < 1.29 is 4.42 Å². The summed E-state index contributed by atoms with van der Waals surface area (Å²) in [6, 6.07) is 8.52. The molecule has 0 saturated heterocycles. The Balaban J connectivity index is 2.50. The minimum Gasteiger partial charge on any atom is -0.446 e. The van der Waals surface area contributed by atoms with Crippen LogP contribution in [0.25, 0.3) is 11.3 Å². The molecule has 2 aromatic rings. The monoisotopic (exact) mass is 229 g/mol. The summed E-state index contributed by atoms with van der Waals surface area (Å²) in [5, 5.41) is 0. The first-order valence-corrected chi connectivity index (χ1v) is 5.93. The van der Waals surface area contributed by atoms with Gasteiger partial charge in [-0.1, -0.05) is 39.0 Å². The summed E-state index contributed by atoms with van der Waals surface area (Å²) < 4.78 is 5.48. The minimum atomic E-state index is 0.155. The molecule has 0 amide bonds. The van der Waals surface area contributed by atoms with Gasteiger partial charge in [-0.3, -0.25) is 0 Å². The number of hydrogen-bond donors (Lipinski definition) is 0. The zero-order valence-corrected chi connectivity index (χ0v) is 11.2. The Labute approximate surface area is 103 Å². The second-order valence-corrected chi connectivity index (χ2v) is 5.47. The van der Waals surface area contributed by atoms with Crippen LogP contribution in [-0.4, -0.2) is 4.98 Å². The molecule has 0 radical (unpaired) electrons. The normalized spacial score (nSPS) is 11.8. The highest BCUT2D eigenvalue weighted by Crippen LogP contribution is 2.28. The third-order valence-corrected chi connectivity index (χ3v) is 2.91. The molecule has 1 heterocycles. The van der Waals surface area contributed by atoms with E-state index in [1.807, 2.05) is 13.8 Å². The molecule has 0 N–H and O–H groups in total. The van der Waals surface area contributed by atoms with Gasteiger partial charge in [0.2, 0.25) is 0 Å². The first-order chi connectivity index (χ1) is 7.88. The molecule has 1 aromatic heterocycles. The number of aromatic nitrogens is 1. The lowest BCUT2D eigenvalue weighted by molar-refractivity contribution is 0.495. The fraction of sp³-hybridized carbons (Fsp3) is 0.400. The fourth-order valence-electron chi connectivity index (χ4n) is 1.93. The molecule has 0 atom stereocenters. The van der Waals surface area contributed by atoms with Crippen molar-refractivity contribution >= 4 is 0 Å². The summed E-state index contributed by atoms with van der Waals surface area (Å²) in [5.41, 5.74) is 3.55. The van der Waals surface area contributed by atoms with Gasteiger partial charge in [0.15, 0.2) is 5.89 Å². The summed E-state index contributed by atoms with van der Waals surface area (Å²) in [6.45, 7) is 10.5. The number of hydrogen-bond acceptors (Lipinski definition) is 2. The van der Waals surface area contributed by atoms with Crippen molar-refractivity contribution in [3.05, 3.63) is 41.5 Å². The van der Waals surface area contributed by atoms with Crippen LogP contribution in [0.5, 0.6) is 0 Å². The highest BCUT2D eigenvalue weighted by molar-refractivity contribution is 5.62. The van der Waals surface area contributed by atoms with Gasteiger partial charge in [-0.25, -0.2) is 4.98 Å². The maximum absolute atomic E-state index is 5.48. The zero-order chi connectivity index (χ0) is 12.6. The fourth-order valence-corrected chi connectivity index (χ4v) is 1.93. The Morgan fingerprint density at radius 3 is 2.35 bits per heavy atom. The van der Waals surface area contributed by atoms with E-state index in [4.69, 9.17) is 4.42 Å². The van der Waals surface area contributed by atoms with Gasteiger partial charge in [-0.15, -0.1) is 0 Å². The Kier molecular flexibility index (Phi) is 2.82. The Morgan fingerprint density at radius 2 is 1.82 bits per heavy atom. The summed E-state index contributed by atoms with van der Waals surface area (Å²) in [6.07, 6.45) is 0. The molecule has 90 valence electrons. The van der Waals surface area contributed by atoms with Gasteiger partial charge >= 0.3 is 0 Å². The van der Waals surface area contributed by atoms with E-state index in [1.165, 1.54) is 5.56 Å². The van der Waals surface area contributed by atoms with Crippen molar-refractivity contribution in [1.82, 2.24) is 4.98 Å². The molecule has 0 spiro atoms. The molecule has 2 rings (SSSR count). The molecule has 2 heteroatoms. The van der Waals surface area contributed by atoms with E-state index >= 15 is 0 Å². The lowest BCUT2D eigenvalue weighted by atomic mass is 9.86. The quantitative estimate of drug-likeness (QED) is 0.730. The largest absolute Gasteiger partial charge is 0.446 e. The Hall–Kier alpha value is -1.57. The number of oxazole rings is 1. The van der Waals surface area contributed by atoms with Crippen LogP contribution in [0, 0.1) is 13.8 Å². The number of rotatable bonds is 1. The van der Waals surface area contributed by atoms with Gasteiger partial charge in [-0.05, 0) is 24.0 Å². The predicted molar refractivity (Wildman–Crippen MR) is 70.1 cm³/mol. The summed E-state index contributed by atoms with van der Waals surface area (Å²) in [5.74, 6) is 1.60. The molecular weight excluding hydrogens is 210 g/mol. The van der Waals surface area contributed by atoms with Gasteiger partial charge < -0.3 is 4.42 Å². The molecule has 2 nitrogen and oxygen atoms in total. The predicted octanol–water partition coefficient (Wildman–Crippen LogP) is 4.26. The van der Waals surface area contributed by atoms with Crippen molar-refractivity contribution in [3.8, 4) is 11.3 Å². The van der Waals surface area contributed by atoms with E-state index in [2.05, 4.69) is 50.0 Å². The second-order valence-electron chi connectivity index (χ2n) is 5.47. The van der Waals surface area contributed by atoms with E-state index in [-0.39, 0.29) is 5.41 Å². The Bertz CT molecular complexity index is 532. The Morgan fingerprint density at radius 1 is 1.12 bits per heavy atom. The van der Waals surface area contributed by atoms with E-state index in [0.29, 0.717) is 0 Å². The lowest BCUT2D eigenvalue weighted by Gasteiger charge is -2.19. The molecule has 17 heavy (non-hydrogen) atoms. The summed E-state index contributed by atoms with van der Waals surface area (Å²) in [4.78, 5) is 4.44. The van der Waals surface area contributed by atoms with Crippen molar-refractivity contribution in [2.75, 3.05) is 0 Å². The number of benzene rings is 1. The number of nitrogens with zero attached hydrogens (tertiary/aromatic N) is 1. The van der Waals surface area contributed by atoms with Gasteiger partial charge in [0, 0.05) is 12.5 Å². The number of aryl methyl sites for hydroxylation is 2. The van der Waals surface area contributed by atoms with Gasteiger partial charge in [0.05, 0.1) is 0 Å². The lowest BCUT2D eigenvalue weighted by Crippen LogP contribution is -2.10. The summed E-state index contributed by atoms with van der Waals surface area (Å²) in [7, 11) is 0. The SMILES string of the molecule is Cc1nc(-c2cccc(C(C)(C)C)c2)c(C)o1. The van der Waals surface area contributed by atoms with Crippen LogP contribution >= 0.6 is 0 Å². The van der Waals surface area contributed by atoms with Gasteiger partial charge in [-0.2, -0.15) is 0 Å². The van der Waals surface area contributed by atoms with Crippen LogP contribution in [0.4, 0.5) is 0 Å². The second kappa shape index (κ2) is 4.02. The first kappa shape index (κ1) is 11.9. The third kappa shape index (κ3) is 2.41. The van der Waals surface area contributed by atoms with Crippen LogP contribution < -0.4 is 0 Å². The van der Waals surface area contributed by atoms with Crippen LogP contribution in [-0.2, 0) is 5.41 Å². The molecule has 0 saturated carbocycles. The highest BCUT2D eigenvalue weighted by atomic mass is 16.4. The molecule has 0 aliphatic carbocycles. The van der Waals surface area contributed by atoms with Crippen LogP contribution in [0.15, 0.2) is 28.7 Å². The topological polar surface area (TPSA) is 26.0 Å². The van der Waals surface area contributed by atoms with E-state index < -0.39 is 0 Å². The molecule has 0 aliphatic rings. The average molecular weight is 229 g/mol. The molecule has 1 aromatic carbocycles. The standard InChI is InChI=1S/C15H19NO/c1-10-14(16-11(2)17-10)12-7-6-8-13(9-12)15(3,4)5/h6-9H,1-5H3. The first-order valence-electron chi connectivity index (χ1n) is 5.93. The van der Waals surface area contributed by atoms with Gasteiger partial charge in [0.1, 0.15) is 11.5 Å². The van der Waals surface area contributed by atoms with Gasteiger partial charge in [0.25, 0.3) is 0 Å². The molecular formula is C15H19NO. The zero-order valence-electron chi connectivity index (χ0n) is 11.2. The summed E-state index contributed by atoms with van der Waals surface area (Å²) >= 11 is 0. The maximum atomic E-state index is 5.48.